The molecule has 5 nitrogen and oxygen atoms in total. The minimum atomic E-state index is -1.01. The van der Waals surface area contributed by atoms with Crippen LogP contribution in [0.3, 0.4) is 0 Å². The second kappa shape index (κ2) is 6.95. The molecule has 110 valence electrons. The first-order chi connectivity index (χ1) is 9.61. The van der Waals surface area contributed by atoms with Gasteiger partial charge in [-0.25, -0.2) is 4.79 Å². The second-order valence-corrected chi connectivity index (χ2v) is 5.45. The Kier molecular flexibility index (Phi) is 5.25. The molecule has 0 heterocycles. The minimum absolute atomic E-state index is 0.127. The lowest BCUT2D eigenvalue weighted by Crippen LogP contribution is -2.08. The number of aromatic carboxylic acids is 1. The fraction of sp³-hybridized carbons (Fsp3) is 0.500. The van der Waals surface area contributed by atoms with Gasteiger partial charge in [-0.05, 0) is 53.7 Å². The van der Waals surface area contributed by atoms with Crippen LogP contribution in [0.2, 0.25) is 0 Å². The second-order valence-electron chi connectivity index (χ2n) is 4.60. The predicted molar refractivity (Wildman–Crippen MR) is 76.4 cm³/mol. The maximum absolute atomic E-state index is 11.0. The summed E-state index contributed by atoms with van der Waals surface area (Å²) in [5, 5.41) is 9.03. The average molecular weight is 345 g/mol. The summed E-state index contributed by atoms with van der Waals surface area (Å²) in [6.45, 7) is 3.08. The number of hydrogen-bond acceptors (Lipinski definition) is 4. The van der Waals surface area contributed by atoms with E-state index in [2.05, 4.69) is 15.9 Å². The number of ether oxygens (including phenoxy) is 3. The van der Waals surface area contributed by atoms with Gasteiger partial charge in [0, 0.05) is 0 Å². The van der Waals surface area contributed by atoms with Gasteiger partial charge in [0.05, 0.1) is 23.2 Å². The lowest BCUT2D eigenvalue weighted by molar-refractivity contribution is 0.00795. The summed E-state index contributed by atoms with van der Waals surface area (Å²) in [4.78, 5) is 11.0. The molecule has 1 fully saturated rings. The fourth-order valence-electron chi connectivity index (χ4n) is 1.69. The van der Waals surface area contributed by atoms with Gasteiger partial charge in [0.25, 0.3) is 0 Å². The molecule has 6 heteroatoms. The summed E-state index contributed by atoms with van der Waals surface area (Å²) in [7, 11) is 0. The Bertz CT molecular complexity index is 485. The molecule has 0 amide bonds. The Hall–Kier alpha value is -1.27. The van der Waals surface area contributed by atoms with E-state index < -0.39 is 5.97 Å². The number of halogens is 1. The van der Waals surface area contributed by atoms with Crippen LogP contribution < -0.4 is 9.47 Å². The molecular weight excluding hydrogens is 328 g/mol. The molecule has 0 aliphatic heterocycles. The quantitative estimate of drug-likeness (QED) is 0.578. The lowest BCUT2D eigenvalue weighted by atomic mass is 10.2. The fourth-order valence-corrected chi connectivity index (χ4v) is 2.25. The van der Waals surface area contributed by atoms with E-state index in [1.165, 1.54) is 25.0 Å². The molecule has 1 aliphatic rings. The third kappa shape index (κ3) is 4.11. The van der Waals surface area contributed by atoms with Crippen molar-refractivity contribution in [3.63, 3.8) is 0 Å². The first kappa shape index (κ1) is 15.1. The van der Waals surface area contributed by atoms with Gasteiger partial charge in [0.2, 0.25) is 0 Å². The Morgan fingerprint density at radius 1 is 1.40 bits per heavy atom. The normalized spacial score (nSPS) is 14.1. The van der Waals surface area contributed by atoms with Crippen molar-refractivity contribution in [1.82, 2.24) is 0 Å². The van der Waals surface area contributed by atoms with Crippen LogP contribution in [0.1, 0.15) is 30.1 Å². The van der Waals surface area contributed by atoms with Crippen molar-refractivity contribution in [2.45, 2.75) is 19.8 Å². The summed E-state index contributed by atoms with van der Waals surface area (Å²) < 4.78 is 16.9. The van der Waals surface area contributed by atoms with Gasteiger partial charge in [-0.1, -0.05) is 0 Å². The Balaban J connectivity index is 2.05. The van der Waals surface area contributed by atoms with Crippen LogP contribution in [0.5, 0.6) is 11.5 Å². The van der Waals surface area contributed by atoms with Crippen molar-refractivity contribution in [3.05, 3.63) is 22.2 Å². The number of carboxylic acids is 1. The van der Waals surface area contributed by atoms with Gasteiger partial charge in [0.15, 0.2) is 18.3 Å². The van der Waals surface area contributed by atoms with Crippen LogP contribution in [0, 0.1) is 5.92 Å². The van der Waals surface area contributed by atoms with E-state index in [0.29, 0.717) is 35.1 Å². The topological polar surface area (TPSA) is 65.0 Å². The molecule has 0 aromatic heterocycles. The molecule has 0 bridgehead atoms. The first-order valence-electron chi connectivity index (χ1n) is 6.52. The summed E-state index contributed by atoms with van der Waals surface area (Å²) in [5.74, 6) is 0.521. The third-order valence-corrected chi connectivity index (χ3v) is 3.48. The van der Waals surface area contributed by atoms with Crippen molar-refractivity contribution >= 4 is 21.9 Å². The van der Waals surface area contributed by atoms with E-state index in [0.717, 1.165) is 0 Å². The zero-order valence-corrected chi connectivity index (χ0v) is 12.8. The van der Waals surface area contributed by atoms with Gasteiger partial charge in [-0.15, -0.1) is 0 Å². The maximum Gasteiger partial charge on any atom is 0.335 e. The van der Waals surface area contributed by atoms with Crippen molar-refractivity contribution in [2.75, 3.05) is 20.0 Å². The monoisotopic (exact) mass is 344 g/mol. The lowest BCUT2D eigenvalue weighted by Gasteiger charge is -2.14. The predicted octanol–water partition coefficient (Wildman–Crippen LogP) is 3.31. The molecule has 20 heavy (non-hydrogen) atoms. The molecule has 1 aromatic carbocycles. The SMILES string of the molecule is CCOc1cc(C(=O)O)cc(Br)c1OCOCC1CC1. The van der Waals surface area contributed by atoms with E-state index >= 15 is 0 Å². The number of hydrogen-bond donors (Lipinski definition) is 1. The molecule has 0 radical (unpaired) electrons. The average Bonchev–Trinajstić information content (AvgIpc) is 3.20. The highest BCUT2D eigenvalue weighted by molar-refractivity contribution is 9.10. The maximum atomic E-state index is 11.0. The molecule has 1 aromatic rings. The molecule has 0 saturated heterocycles. The molecule has 0 unspecified atom stereocenters. The van der Waals surface area contributed by atoms with E-state index in [1.807, 2.05) is 6.92 Å². The third-order valence-electron chi connectivity index (χ3n) is 2.89. The zero-order chi connectivity index (χ0) is 14.5. The summed E-state index contributed by atoms with van der Waals surface area (Å²) >= 11 is 3.31. The van der Waals surface area contributed by atoms with Crippen LogP contribution in [0.25, 0.3) is 0 Å². The highest BCUT2D eigenvalue weighted by Crippen LogP contribution is 2.37. The molecule has 1 saturated carbocycles. The van der Waals surface area contributed by atoms with E-state index in [1.54, 1.807) is 0 Å². The number of carbonyl (C=O) groups is 1. The van der Waals surface area contributed by atoms with Crippen molar-refractivity contribution in [3.8, 4) is 11.5 Å². The van der Waals surface area contributed by atoms with Crippen molar-refractivity contribution in [1.29, 1.82) is 0 Å². The van der Waals surface area contributed by atoms with E-state index in [4.69, 9.17) is 19.3 Å². The first-order valence-corrected chi connectivity index (χ1v) is 7.31. The molecule has 0 spiro atoms. The van der Waals surface area contributed by atoms with Crippen LogP contribution in [-0.2, 0) is 4.74 Å². The van der Waals surface area contributed by atoms with Crippen LogP contribution >= 0.6 is 15.9 Å². The van der Waals surface area contributed by atoms with Gasteiger partial charge in [-0.2, -0.15) is 0 Å². The highest BCUT2D eigenvalue weighted by atomic mass is 79.9. The molecule has 1 N–H and O–H groups in total. The van der Waals surface area contributed by atoms with Gasteiger partial charge >= 0.3 is 5.97 Å². The summed E-state index contributed by atoms with van der Waals surface area (Å²) in [6, 6.07) is 2.94. The van der Waals surface area contributed by atoms with Crippen LogP contribution in [0.4, 0.5) is 0 Å². The largest absolute Gasteiger partial charge is 0.490 e. The molecular formula is C14H17BrO5. The molecule has 2 rings (SSSR count). The minimum Gasteiger partial charge on any atom is -0.490 e. The number of benzene rings is 1. The van der Waals surface area contributed by atoms with E-state index in [9.17, 15) is 4.79 Å². The van der Waals surface area contributed by atoms with Gasteiger partial charge in [0.1, 0.15) is 0 Å². The van der Waals surface area contributed by atoms with Gasteiger partial charge < -0.3 is 19.3 Å². The highest BCUT2D eigenvalue weighted by Gasteiger charge is 2.21. The number of carboxylic acid groups (broad SMARTS) is 1. The summed E-state index contributed by atoms with van der Waals surface area (Å²) in [5.41, 5.74) is 0.145. The Labute approximate surface area is 126 Å². The van der Waals surface area contributed by atoms with Crippen LogP contribution in [0.15, 0.2) is 16.6 Å². The van der Waals surface area contributed by atoms with E-state index in [-0.39, 0.29) is 12.4 Å². The smallest absolute Gasteiger partial charge is 0.335 e. The standard InChI is InChI=1S/C14H17BrO5/c1-2-19-12-6-10(14(16)17)5-11(15)13(12)20-8-18-7-9-3-4-9/h5-6,9H,2-4,7-8H2,1H3,(H,16,17). The number of rotatable bonds is 8. The van der Waals surface area contributed by atoms with Crippen LogP contribution in [-0.4, -0.2) is 31.1 Å². The van der Waals surface area contributed by atoms with Crippen molar-refractivity contribution < 1.29 is 24.1 Å². The zero-order valence-electron chi connectivity index (χ0n) is 11.2. The Morgan fingerprint density at radius 2 is 2.15 bits per heavy atom. The van der Waals surface area contributed by atoms with Crippen molar-refractivity contribution in [2.24, 2.45) is 5.92 Å². The summed E-state index contributed by atoms with van der Waals surface area (Å²) in [6.07, 6.45) is 2.45. The Morgan fingerprint density at radius 3 is 2.75 bits per heavy atom. The molecule has 0 atom stereocenters. The molecule has 1 aliphatic carbocycles. The van der Waals surface area contributed by atoms with Gasteiger partial charge in [-0.3, -0.25) is 0 Å².